The van der Waals surface area contributed by atoms with E-state index in [4.69, 9.17) is 19.9 Å². The van der Waals surface area contributed by atoms with E-state index in [9.17, 15) is 4.79 Å². The molecule has 4 N–H and O–H groups in total. The molecule has 7 heteroatoms. The van der Waals surface area contributed by atoms with Gasteiger partial charge in [-0.05, 0) is 6.08 Å². The van der Waals surface area contributed by atoms with E-state index in [2.05, 4.69) is 12.3 Å². The molecule has 0 aliphatic rings. The maximum Gasteiger partial charge on any atom is 0.240 e. The van der Waals surface area contributed by atoms with Crippen LogP contribution in [0.2, 0.25) is 0 Å². The summed E-state index contributed by atoms with van der Waals surface area (Å²) < 4.78 is 0. The summed E-state index contributed by atoms with van der Waals surface area (Å²) in [6.07, 6.45) is 1.06. The molecular formula is C8H18N2O5. The minimum atomic E-state index is -0.481. The van der Waals surface area contributed by atoms with E-state index >= 15 is 0 Å². The van der Waals surface area contributed by atoms with E-state index in [1.54, 1.807) is 7.05 Å². The molecule has 1 amide bonds. The number of rotatable bonds is 7. The molecule has 0 saturated carbocycles. The first-order valence-corrected chi connectivity index (χ1v) is 4.21. The maximum atomic E-state index is 9.47. The number of carbonyl (C=O) groups is 1. The molecule has 0 aromatic carbocycles. The van der Waals surface area contributed by atoms with Crippen LogP contribution in [0.15, 0.2) is 12.7 Å². The predicted octanol–water partition coefficient (Wildman–Crippen LogP) is -1.58. The molecule has 0 aliphatic carbocycles. The smallest absolute Gasteiger partial charge is 0.240 e. The van der Waals surface area contributed by atoms with E-state index in [-0.39, 0.29) is 26.4 Å². The van der Waals surface area contributed by atoms with Crippen LogP contribution >= 0.6 is 0 Å². The second-order valence-corrected chi connectivity index (χ2v) is 2.16. The van der Waals surface area contributed by atoms with Crippen LogP contribution in [0.3, 0.4) is 0 Å². The van der Waals surface area contributed by atoms with Gasteiger partial charge in [0.2, 0.25) is 5.91 Å². The first-order valence-electron chi connectivity index (χ1n) is 4.21. The van der Waals surface area contributed by atoms with Crippen molar-refractivity contribution in [2.45, 2.75) is 0 Å². The SMILES string of the molecule is C=CC(N)=O.CN(OCCO)OCCO. The highest BCUT2D eigenvalue weighted by Crippen LogP contribution is 1.85. The van der Waals surface area contributed by atoms with Gasteiger partial charge in [-0.25, -0.2) is 0 Å². The van der Waals surface area contributed by atoms with Crippen LogP contribution in [0.5, 0.6) is 0 Å². The topological polar surface area (TPSA) is 105 Å². The Morgan fingerprint density at radius 3 is 1.93 bits per heavy atom. The number of hydrogen-bond acceptors (Lipinski definition) is 6. The second kappa shape index (κ2) is 13.0. The van der Waals surface area contributed by atoms with Crippen molar-refractivity contribution in [2.24, 2.45) is 5.73 Å². The summed E-state index contributed by atoms with van der Waals surface area (Å²) in [4.78, 5) is 19.0. The highest BCUT2D eigenvalue weighted by Gasteiger charge is 1.95. The average molecular weight is 222 g/mol. The van der Waals surface area contributed by atoms with Gasteiger partial charge in [-0.2, -0.15) is 0 Å². The van der Waals surface area contributed by atoms with E-state index in [1.165, 1.54) is 0 Å². The lowest BCUT2D eigenvalue weighted by Crippen LogP contribution is -2.22. The number of nitrogens with two attached hydrogens (primary N) is 1. The fourth-order valence-electron chi connectivity index (χ4n) is 0.376. The number of aliphatic hydroxyl groups excluding tert-OH is 2. The van der Waals surface area contributed by atoms with Crippen LogP contribution in [0.4, 0.5) is 0 Å². The largest absolute Gasteiger partial charge is 0.394 e. The van der Waals surface area contributed by atoms with Crippen LogP contribution < -0.4 is 5.73 Å². The zero-order chi connectivity index (χ0) is 12.1. The number of primary amides is 1. The van der Waals surface area contributed by atoms with Crippen molar-refractivity contribution in [1.82, 2.24) is 5.23 Å². The molecule has 0 bridgehead atoms. The summed E-state index contributed by atoms with van der Waals surface area (Å²) in [6, 6.07) is 0. The van der Waals surface area contributed by atoms with Crippen molar-refractivity contribution < 1.29 is 24.7 Å². The second-order valence-electron chi connectivity index (χ2n) is 2.16. The molecule has 15 heavy (non-hydrogen) atoms. The zero-order valence-corrected chi connectivity index (χ0v) is 8.76. The molecule has 0 spiro atoms. The summed E-state index contributed by atoms with van der Waals surface area (Å²) in [6.45, 7) is 3.38. The summed E-state index contributed by atoms with van der Waals surface area (Å²) in [5, 5.41) is 17.7. The summed E-state index contributed by atoms with van der Waals surface area (Å²) >= 11 is 0. The normalized spacial score (nSPS) is 9.33. The number of nitrogens with zero attached hydrogens (tertiary/aromatic N) is 1. The lowest BCUT2D eigenvalue weighted by atomic mass is 10.6. The lowest BCUT2D eigenvalue weighted by Gasteiger charge is -2.13. The molecule has 7 nitrogen and oxygen atoms in total. The Balaban J connectivity index is 0. The lowest BCUT2D eigenvalue weighted by molar-refractivity contribution is -0.356. The van der Waals surface area contributed by atoms with Crippen LogP contribution in [0.25, 0.3) is 0 Å². The van der Waals surface area contributed by atoms with Crippen molar-refractivity contribution in [1.29, 1.82) is 0 Å². The number of aliphatic hydroxyl groups is 2. The Morgan fingerprint density at radius 1 is 1.40 bits per heavy atom. The minimum Gasteiger partial charge on any atom is -0.394 e. The predicted molar refractivity (Wildman–Crippen MR) is 53.2 cm³/mol. The van der Waals surface area contributed by atoms with Crippen molar-refractivity contribution >= 4 is 5.91 Å². The average Bonchev–Trinajstić information content (AvgIpc) is 2.24. The third-order valence-electron chi connectivity index (χ3n) is 0.930. The van der Waals surface area contributed by atoms with Gasteiger partial charge in [0.25, 0.3) is 0 Å². The van der Waals surface area contributed by atoms with Gasteiger partial charge in [-0.3, -0.25) is 14.5 Å². The Bertz CT molecular complexity index is 157. The first kappa shape index (κ1) is 16.4. The number of amides is 1. The van der Waals surface area contributed by atoms with Crippen LogP contribution in [-0.4, -0.2) is 54.8 Å². The number of carbonyl (C=O) groups excluding carboxylic acids is 1. The first-order chi connectivity index (χ1) is 7.08. The van der Waals surface area contributed by atoms with Gasteiger partial charge >= 0.3 is 0 Å². The van der Waals surface area contributed by atoms with E-state index < -0.39 is 5.91 Å². The van der Waals surface area contributed by atoms with Gasteiger partial charge in [0.1, 0.15) is 0 Å². The van der Waals surface area contributed by atoms with Gasteiger partial charge in [0.15, 0.2) is 0 Å². The van der Waals surface area contributed by atoms with Gasteiger partial charge in [0.05, 0.1) is 26.4 Å². The van der Waals surface area contributed by atoms with E-state index in [0.717, 1.165) is 11.3 Å². The van der Waals surface area contributed by atoms with E-state index in [0.29, 0.717) is 0 Å². The summed E-state index contributed by atoms with van der Waals surface area (Å²) in [7, 11) is 1.55. The van der Waals surface area contributed by atoms with E-state index in [1.807, 2.05) is 0 Å². The van der Waals surface area contributed by atoms with Crippen molar-refractivity contribution in [3.05, 3.63) is 12.7 Å². The Kier molecular flexibility index (Phi) is 14.3. The van der Waals surface area contributed by atoms with Gasteiger partial charge < -0.3 is 15.9 Å². The fourth-order valence-corrected chi connectivity index (χ4v) is 0.376. The monoisotopic (exact) mass is 222 g/mol. The molecule has 0 heterocycles. The van der Waals surface area contributed by atoms with Crippen LogP contribution in [-0.2, 0) is 14.5 Å². The molecule has 0 unspecified atom stereocenters. The van der Waals surface area contributed by atoms with Gasteiger partial charge in [-0.1, -0.05) is 11.8 Å². The molecule has 0 aliphatic heterocycles. The highest BCUT2D eigenvalue weighted by molar-refractivity contribution is 5.84. The number of hydroxylamine groups is 2. The molecule has 0 rings (SSSR count). The molecule has 0 aromatic heterocycles. The Morgan fingerprint density at radius 2 is 1.73 bits per heavy atom. The molecule has 0 fully saturated rings. The zero-order valence-electron chi connectivity index (χ0n) is 8.76. The fraction of sp³-hybridized carbons (Fsp3) is 0.625. The molecule has 90 valence electrons. The molecular weight excluding hydrogens is 204 g/mol. The molecule has 0 aromatic rings. The molecule has 0 atom stereocenters. The van der Waals surface area contributed by atoms with Crippen LogP contribution in [0, 0.1) is 0 Å². The quantitative estimate of drug-likeness (QED) is 0.355. The number of hydrogen-bond donors (Lipinski definition) is 3. The minimum absolute atomic E-state index is 0.0488. The summed E-state index contributed by atoms with van der Waals surface area (Å²) in [5.41, 5.74) is 4.53. The molecule has 0 radical (unpaired) electrons. The van der Waals surface area contributed by atoms with Gasteiger partial charge in [0, 0.05) is 7.05 Å². The Labute approximate surface area is 88.6 Å². The summed E-state index contributed by atoms with van der Waals surface area (Å²) in [5.74, 6) is -0.481. The highest BCUT2D eigenvalue weighted by atomic mass is 16.9. The molecule has 0 saturated heterocycles. The third kappa shape index (κ3) is 19.4. The third-order valence-corrected chi connectivity index (χ3v) is 0.930. The van der Waals surface area contributed by atoms with Crippen LogP contribution in [0.1, 0.15) is 0 Å². The van der Waals surface area contributed by atoms with Gasteiger partial charge in [-0.15, -0.1) is 0 Å². The maximum absolute atomic E-state index is 9.47. The Hall–Kier alpha value is -0.990. The van der Waals surface area contributed by atoms with Crippen molar-refractivity contribution in [2.75, 3.05) is 33.5 Å². The van der Waals surface area contributed by atoms with Crippen molar-refractivity contribution in [3.63, 3.8) is 0 Å². The standard InChI is InChI=1S/C5H13NO4.C3H5NO/c1-6(9-4-2-7)10-5-3-8;1-2-3(4)5/h7-8H,2-5H2,1H3;2H,1H2,(H2,4,5). The van der Waals surface area contributed by atoms with Crippen molar-refractivity contribution in [3.8, 4) is 0 Å².